The molecule has 3 heteroatoms. The zero-order valence-electron chi connectivity index (χ0n) is 9.67. The Morgan fingerprint density at radius 1 is 1.20 bits per heavy atom. The van der Waals surface area contributed by atoms with E-state index in [1.807, 2.05) is 52.0 Å². The van der Waals surface area contributed by atoms with Crippen LogP contribution in [-0.4, -0.2) is 5.60 Å². The van der Waals surface area contributed by atoms with Crippen molar-refractivity contribution in [2.24, 2.45) is 0 Å². The maximum Gasteiger partial charge on any atom is 0.120 e. The summed E-state index contributed by atoms with van der Waals surface area (Å²) in [6.07, 6.45) is 0. The van der Waals surface area contributed by atoms with Crippen LogP contribution in [0.25, 0.3) is 0 Å². The van der Waals surface area contributed by atoms with E-state index in [0.29, 0.717) is 0 Å². The van der Waals surface area contributed by atoms with Crippen LogP contribution in [0.15, 0.2) is 24.3 Å². The molecule has 15 heavy (non-hydrogen) atoms. The Morgan fingerprint density at radius 3 is 2.13 bits per heavy atom. The van der Waals surface area contributed by atoms with E-state index in [1.165, 1.54) is 0 Å². The number of rotatable bonds is 3. The van der Waals surface area contributed by atoms with E-state index in [2.05, 4.69) is 4.84 Å². The van der Waals surface area contributed by atoms with Crippen molar-refractivity contribution in [3.8, 4) is 5.75 Å². The number of nitrogens with one attached hydrogen (secondary N) is 1. The highest BCUT2D eigenvalue weighted by Gasteiger charge is 2.11. The van der Waals surface area contributed by atoms with Gasteiger partial charge in [0.05, 0.1) is 0 Å². The van der Waals surface area contributed by atoms with Crippen molar-refractivity contribution in [1.29, 1.82) is 0 Å². The molecule has 1 atom stereocenters. The summed E-state index contributed by atoms with van der Waals surface area (Å²) in [5.41, 5.74) is 0.990. The summed E-state index contributed by atoms with van der Waals surface area (Å²) < 4.78 is 5.72. The highest BCUT2D eigenvalue weighted by Crippen LogP contribution is 2.21. The molecule has 0 aliphatic heterocycles. The van der Waals surface area contributed by atoms with Gasteiger partial charge in [-0.1, -0.05) is 12.1 Å². The summed E-state index contributed by atoms with van der Waals surface area (Å²) in [6, 6.07) is 8.11. The molecule has 0 saturated carbocycles. The maximum absolute atomic E-state index is 5.72. The highest BCUT2D eigenvalue weighted by molar-refractivity contribution is 6.13. The van der Waals surface area contributed by atoms with E-state index in [1.54, 1.807) is 0 Å². The Bertz CT molecular complexity index is 302. The molecule has 0 heterocycles. The molecule has 1 N–H and O–H groups in total. The Balaban J connectivity index is 2.72. The standard InChI is InChI=1S/C12H18ClNO/c1-9(14-13)10-5-7-11(8-6-10)15-12(2,3)4/h5-9,14H,1-4H3/t9-/m0/s1. The Morgan fingerprint density at radius 2 is 1.73 bits per heavy atom. The number of ether oxygens (including phenoxy) is 1. The molecule has 0 unspecified atom stereocenters. The van der Waals surface area contributed by atoms with Crippen molar-refractivity contribution in [3.05, 3.63) is 29.8 Å². The SMILES string of the molecule is C[C@H](NCl)c1ccc(OC(C)(C)C)cc1. The molecule has 1 rings (SSSR count). The summed E-state index contributed by atoms with van der Waals surface area (Å²) >= 11 is 5.55. The third kappa shape index (κ3) is 4.10. The summed E-state index contributed by atoms with van der Waals surface area (Å²) in [5, 5.41) is 0. The van der Waals surface area contributed by atoms with Crippen LogP contribution >= 0.6 is 11.8 Å². The van der Waals surface area contributed by atoms with E-state index >= 15 is 0 Å². The lowest BCUT2D eigenvalue weighted by Crippen LogP contribution is -2.22. The van der Waals surface area contributed by atoms with Crippen LogP contribution in [0.2, 0.25) is 0 Å². The topological polar surface area (TPSA) is 21.3 Å². The van der Waals surface area contributed by atoms with Gasteiger partial charge in [-0.2, -0.15) is 0 Å². The van der Waals surface area contributed by atoms with E-state index in [-0.39, 0.29) is 11.6 Å². The van der Waals surface area contributed by atoms with Crippen LogP contribution in [0.4, 0.5) is 0 Å². The fraction of sp³-hybridized carbons (Fsp3) is 0.500. The summed E-state index contributed by atoms with van der Waals surface area (Å²) in [7, 11) is 0. The minimum atomic E-state index is -0.155. The van der Waals surface area contributed by atoms with E-state index in [0.717, 1.165) is 11.3 Å². The van der Waals surface area contributed by atoms with Gasteiger partial charge in [-0.3, -0.25) is 0 Å². The largest absolute Gasteiger partial charge is 0.488 e. The predicted molar refractivity (Wildman–Crippen MR) is 64.2 cm³/mol. The van der Waals surface area contributed by atoms with Gasteiger partial charge in [-0.05, 0) is 57.2 Å². The first-order valence-electron chi connectivity index (χ1n) is 5.07. The fourth-order valence-electron chi connectivity index (χ4n) is 1.24. The zero-order chi connectivity index (χ0) is 11.5. The number of halogens is 1. The molecule has 1 aromatic rings. The molecule has 0 fully saturated rings. The van der Waals surface area contributed by atoms with Crippen LogP contribution in [-0.2, 0) is 0 Å². The van der Waals surface area contributed by atoms with Crippen LogP contribution < -0.4 is 9.57 Å². The molecule has 0 saturated heterocycles. The van der Waals surface area contributed by atoms with Gasteiger partial charge in [0, 0.05) is 6.04 Å². The lowest BCUT2D eigenvalue weighted by atomic mass is 10.1. The molecule has 2 nitrogen and oxygen atoms in total. The molecule has 0 amide bonds. The zero-order valence-corrected chi connectivity index (χ0v) is 10.4. The van der Waals surface area contributed by atoms with Gasteiger partial charge in [0.1, 0.15) is 11.4 Å². The lowest BCUT2D eigenvalue weighted by molar-refractivity contribution is 0.131. The first-order chi connectivity index (χ1) is 6.92. The molecule has 0 radical (unpaired) electrons. The van der Waals surface area contributed by atoms with Crippen molar-refractivity contribution in [3.63, 3.8) is 0 Å². The van der Waals surface area contributed by atoms with Crippen LogP contribution in [0, 0.1) is 0 Å². The summed E-state index contributed by atoms with van der Waals surface area (Å²) in [6.45, 7) is 8.10. The van der Waals surface area contributed by atoms with Gasteiger partial charge >= 0.3 is 0 Å². The van der Waals surface area contributed by atoms with Crippen LogP contribution in [0.5, 0.6) is 5.75 Å². The van der Waals surface area contributed by atoms with Gasteiger partial charge in [0.25, 0.3) is 0 Å². The smallest absolute Gasteiger partial charge is 0.120 e. The summed E-state index contributed by atoms with van der Waals surface area (Å²) in [5.74, 6) is 0.882. The Labute approximate surface area is 96.7 Å². The number of hydrogen-bond acceptors (Lipinski definition) is 2. The maximum atomic E-state index is 5.72. The van der Waals surface area contributed by atoms with Crippen molar-refractivity contribution >= 4 is 11.8 Å². The second-order valence-electron chi connectivity index (χ2n) is 4.61. The molecular weight excluding hydrogens is 210 g/mol. The molecule has 1 aromatic carbocycles. The fourth-order valence-corrected chi connectivity index (χ4v) is 1.37. The Kier molecular flexibility index (Phi) is 4.00. The van der Waals surface area contributed by atoms with Gasteiger partial charge in [-0.15, -0.1) is 0 Å². The third-order valence-corrected chi connectivity index (χ3v) is 2.30. The minimum absolute atomic E-state index is 0.148. The first-order valence-corrected chi connectivity index (χ1v) is 5.45. The van der Waals surface area contributed by atoms with Crippen LogP contribution in [0.3, 0.4) is 0 Å². The van der Waals surface area contributed by atoms with Crippen molar-refractivity contribution in [2.45, 2.75) is 39.3 Å². The quantitative estimate of drug-likeness (QED) is 0.796. The van der Waals surface area contributed by atoms with Gasteiger partial charge in [-0.25, -0.2) is 4.84 Å². The van der Waals surface area contributed by atoms with Crippen molar-refractivity contribution in [1.82, 2.24) is 4.84 Å². The molecule has 0 bridgehead atoms. The van der Waals surface area contributed by atoms with Gasteiger partial charge in [0.2, 0.25) is 0 Å². The molecule has 84 valence electrons. The normalized spacial score (nSPS) is 13.7. The monoisotopic (exact) mass is 227 g/mol. The van der Waals surface area contributed by atoms with Crippen LogP contribution in [0.1, 0.15) is 39.3 Å². The summed E-state index contributed by atoms with van der Waals surface area (Å²) in [4.78, 5) is 2.68. The predicted octanol–water partition coefficient (Wildman–Crippen LogP) is 3.67. The highest BCUT2D eigenvalue weighted by atomic mass is 35.5. The Hall–Kier alpha value is -0.730. The number of hydrogen-bond donors (Lipinski definition) is 1. The van der Waals surface area contributed by atoms with E-state index in [4.69, 9.17) is 16.5 Å². The minimum Gasteiger partial charge on any atom is -0.488 e. The van der Waals surface area contributed by atoms with Crippen molar-refractivity contribution < 1.29 is 4.74 Å². The number of benzene rings is 1. The average Bonchev–Trinajstić information content (AvgIpc) is 2.15. The second-order valence-corrected chi connectivity index (χ2v) is 4.83. The van der Waals surface area contributed by atoms with Crippen molar-refractivity contribution in [2.75, 3.05) is 0 Å². The first kappa shape index (κ1) is 12.3. The van der Waals surface area contributed by atoms with E-state index < -0.39 is 0 Å². The third-order valence-electron chi connectivity index (χ3n) is 1.97. The van der Waals surface area contributed by atoms with E-state index in [9.17, 15) is 0 Å². The second kappa shape index (κ2) is 4.86. The van der Waals surface area contributed by atoms with Gasteiger partial charge in [0.15, 0.2) is 0 Å². The molecule has 0 spiro atoms. The van der Waals surface area contributed by atoms with Gasteiger partial charge < -0.3 is 4.74 Å². The molecular formula is C12H18ClNO. The molecule has 0 aliphatic rings. The lowest BCUT2D eigenvalue weighted by Gasteiger charge is -2.21. The molecule has 0 aliphatic carbocycles. The molecule has 0 aromatic heterocycles. The average molecular weight is 228 g/mol.